The average molecular weight is 358 g/mol. The van der Waals surface area contributed by atoms with Crippen LogP contribution < -0.4 is 5.32 Å². The molecule has 1 aromatic carbocycles. The second kappa shape index (κ2) is 6.99. The van der Waals surface area contributed by atoms with Crippen LogP contribution in [0.15, 0.2) is 53.1 Å². The fourth-order valence-electron chi connectivity index (χ4n) is 3.77. The third-order valence-corrected chi connectivity index (χ3v) is 4.89. The number of nitrogens with one attached hydrogen (secondary N) is 1. The Labute approximate surface area is 149 Å². The number of amides is 1. The van der Waals surface area contributed by atoms with Gasteiger partial charge in [0, 0.05) is 17.4 Å². The van der Waals surface area contributed by atoms with Crippen molar-refractivity contribution >= 4 is 11.9 Å². The van der Waals surface area contributed by atoms with Gasteiger partial charge in [-0.15, -0.1) is 0 Å². The molecule has 136 valence electrons. The van der Waals surface area contributed by atoms with E-state index in [2.05, 4.69) is 5.32 Å². The Hall–Kier alpha value is -3.16. The van der Waals surface area contributed by atoms with E-state index in [1.165, 1.54) is 19.4 Å². The quantitative estimate of drug-likeness (QED) is 0.364. The number of furan rings is 1. The summed E-state index contributed by atoms with van der Waals surface area (Å²) in [5.74, 6) is -2.94. The molecule has 0 unspecified atom stereocenters. The molecule has 1 aliphatic heterocycles. The van der Waals surface area contributed by atoms with Crippen molar-refractivity contribution in [1.82, 2.24) is 5.32 Å². The number of benzene rings is 1. The Morgan fingerprint density at radius 2 is 2.12 bits per heavy atom. The first-order valence-corrected chi connectivity index (χ1v) is 8.08. The van der Waals surface area contributed by atoms with Crippen LogP contribution in [0.25, 0.3) is 0 Å². The second-order valence-electron chi connectivity index (χ2n) is 6.12. The molecule has 8 heteroatoms. The van der Waals surface area contributed by atoms with Crippen molar-refractivity contribution in [2.75, 3.05) is 20.2 Å². The highest BCUT2D eigenvalue weighted by Gasteiger charge is 2.64. The SMILES string of the molecule is COC(=O)[C@@]1([C@H](C[N+](=O)[O-])c2ccco2)C(=O)NC[C@H]1c1ccccc1. The molecule has 0 bridgehead atoms. The lowest BCUT2D eigenvalue weighted by atomic mass is 9.64. The first-order valence-electron chi connectivity index (χ1n) is 8.08. The number of esters is 1. The van der Waals surface area contributed by atoms with E-state index in [1.54, 1.807) is 30.3 Å². The highest BCUT2D eigenvalue weighted by molar-refractivity contribution is 6.06. The summed E-state index contributed by atoms with van der Waals surface area (Å²) < 4.78 is 10.3. The van der Waals surface area contributed by atoms with E-state index in [1.807, 2.05) is 6.07 Å². The molecule has 1 aliphatic rings. The number of hydrogen-bond acceptors (Lipinski definition) is 6. The number of rotatable bonds is 6. The molecule has 2 aromatic rings. The van der Waals surface area contributed by atoms with Crippen molar-refractivity contribution in [2.24, 2.45) is 5.41 Å². The number of hydrogen-bond donors (Lipinski definition) is 1. The van der Waals surface area contributed by atoms with Crippen LogP contribution in [0.5, 0.6) is 0 Å². The van der Waals surface area contributed by atoms with Crippen molar-refractivity contribution in [3.63, 3.8) is 0 Å². The summed E-state index contributed by atoms with van der Waals surface area (Å²) in [5, 5.41) is 14.0. The molecule has 1 fully saturated rings. The lowest BCUT2D eigenvalue weighted by Crippen LogP contribution is -2.49. The number of ether oxygens (including phenoxy) is 1. The van der Waals surface area contributed by atoms with Gasteiger partial charge in [-0.25, -0.2) is 0 Å². The molecule has 1 saturated heterocycles. The van der Waals surface area contributed by atoms with Crippen LogP contribution in [0, 0.1) is 15.5 Å². The second-order valence-corrected chi connectivity index (χ2v) is 6.12. The Kier molecular flexibility index (Phi) is 4.75. The summed E-state index contributed by atoms with van der Waals surface area (Å²) in [6.07, 6.45) is 1.36. The largest absolute Gasteiger partial charge is 0.469 e. The minimum absolute atomic E-state index is 0.173. The van der Waals surface area contributed by atoms with Crippen molar-refractivity contribution in [3.8, 4) is 0 Å². The van der Waals surface area contributed by atoms with Crippen molar-refractivity contribution in [3.05, 3.63) is 70.2 Å². The Morgan fingerprint density at radius 1 is 1.38 bits per heavy atom. The molecule has 0 aliphatic carbocycles. The van der Waals surface area contributed by atoms with Crippen molar-refractivity contribution < 1.29 is 23.7 Å². The molecule has 1 amide bonds. The maximum absolute atomic E-state index is 12.9. The number of carbonyl (C=O) groups is 2. The first-order chi connectivity index (χ1) is 12.5. The van der Waals surface area contributed by atoms with Crippen LogP contribution in [0.2, 0.25) is 0 Å². The zero-order chi connectivity index (χ0) is 18.7. The summed E-state index contributed by atoms with van der Waals surface area (Å²) in [4.78, 5) is 36.6. The third-order valence-electron chi connectivity index (χ3n) is 4.89. The maximum Gasteiger partial charge on any atom is 0.323 e. The van der Waals surface area contributed by atoms with E-state index >= 15 is 0 Å². The molecule has 0 spiro atoms. The lowest BCUT2D eigenvalue weighted by Gasteiger charge is -2.34. The normalized spacial score (nSPS) is 23.3. The molecule has 3 rings (SSSR count). The van der Waals surface area contributed by atoms with E-state index in [9.17, 15) is 19.7 Å². The van der Waals surface area contributed by atoms with E-state index in [-0.39, 0.29) is 12.3 Å². The molecule has 26 heavy (non-hydrogen) atoms. The lowest BCUT2D eigenvalue weighted by molar-refractivity contribution is -0.486. The van der Waals surface area contributed by atoms with Gasteiger partial charge in [0.2, 0.25) is 12.5 Å². The third kappa shape index (κ3) is 2.73. The molecule has 1 N–H and O–H groups in total. The topological polar surface area (TPSA) is 112 Å². The zero-order valence-electron chi connectivity index (χ0n) is 14.1. The Bertz CT molecular complexity index is 804. The smallest absolute Gasteiger partial charge is 0.323 e. The van der Waals surface area contributed by atoms with E-state index in [0.717, 1.165) is 5.56 Å². The van der Waals surface area contributed by atoms with Gasteiger partial charge in [-0.2, -0.15) is 0 Å². The zero-order valence-corrected chi connectivity index (χ0v) is 14.1. The molecule has 0 saturated carbocycles. The van der Waals surface area contributed by atoms with Gasteiger partial charge >= 0.3 is 5.97 Å². The van der Waals surface area contributed by atoms with E-state index < -0.39 is 40.6 Å². The van der Waals surface area contributed by atoms with Crippen molar-refractivity contribution in [2.45, 2.75) is 11.8 Å². The maximum atomic E-state index is 12.9. The first kappa shape index (κ1) is 17.7. The monoisotopic (exact) mass is 358 g/mol. The van der Waals surface area contributed by atoms with Crippen LogP contribution in [0.1, 0.15) is 23.2 Å². The molecule has 0 radical (unpaired) electrons. The molecule has 3 atom stereocenters. The van der Waals surface area contributed by atoms with Gasteiger partial charge in [-0.1, -0.05) is 30.3 Å². The highest BCUT2D eigenvalue weighted by atomic mass is 16.6. The van der Waals surface area contributed by atoms with E-state index in [4.69, 9.17) is 9.15 Å². The minimum Gasteiger partial charge on any atom is -0.469 e. The Morgan fingerprint density at radius 3 is 2.69 bits per heavy atom. The average Bonchev–Trinajstić information content (AvgIpc) is 3.28. The molecule has 1 aromatic heterocycles. The van der Waals surface area contributed by atoms with Crippen molar-refractivity contribution in [1.29, 1.82) is 0 Å². The number of nitrogens with zero attached hydrogens (tertiary/aromatic N) is 1. The van der Waals surface area contributed by atoms with Gasteiger partial charge in [-0.05, 0) is 17.7 Å². The van der Waals surface area contributed by atoms with Gasteiger partial charge in [0.25, 0.3) is 0 Å². The molecular formula is C18H18N2O6. The number of nitro groups is 1. The van der Waals surface area contributed by atoms with Crippen LogP contribution >= 0.6 is 0 Å². The van der Waals surface area contributed by atoms with Gasteiger partial charge in [-0.3, -0.25) is 19.7 Å². The number of methoxy groups -OCH3 is 1. The fourth-order valence-corrected chi connectivity index (χ4v) is 3.77. The number of carbonyl (C=O) groups excluding carboxylic acids is 2. The predicted molar refractivity (Wildman–Crippen MR) is 90.0 cm³/mol. The molecular weight excluding hydrogens is 340 g/mol. The Balaban J connectivity index is 2.22. The van der Waals surface area contributed by atoms with Crippen LogP contribution in [0.3, 0.4) is 0 Å². The summed E-state index contributed by atoms with van der Waals surface area (Å²) >= 11 is 0. The standard InChI is InChI=1S/C18H18N2O6/c1-25-17(22)18(14(11-20(23)24)15-8-5-9-26-15)13(10-19-16(18)21)12-6-3-2-4-7-12/h2-9,13-14H,10-11H2,1H3,(H,19,21)/t13-,14+,18-/m0/s1. The fraction of sp³-hybridized carbons (Fsp3) is 0.333. The molecule has 8 nitrogen and oxygen atoms in total. The van der Waals surface area contributed by atoms with Crippen LogP contribution in [0.4, 0.5) is 0 Å². The van der Waals surface area contributed by atoms with Crippen LogP contribution in [-0.4, -0.2) is 37.0 Å². The summed E-state index contributed by atoms with van der Waals surface area (Å²) in [5.41, 5.74) is -1.07. The molecule has 2 heterocycles. The van der Waals surface area contributed by atoms with Crippen LogP contribution in [-0.2, 0) is 14.3 Å². The van der Waals surface area contributed by atoms with E-state index in [0.29, 0.717) is 0 Å². The summed E-state index contributed by atoms with van der Waals surface area (Å²) in [6.45, 7) is -0.466. The van der Waals surface area contributed by atoms with Gasteiger partial charge in [0.15, 0.2) is 5.41 Å². The highest BCUT2D eigenvalue weighted by Crippen LogP contribution is 2.51. The summed E-state index contributed by atoms with van der Waals surface area (Å²) in [6, 6.07) is 12.1. The minimum atomic E-state index is -1.79. The predicted octanol–water partition coefficient (Wildman–Crippen LogP) is 1.71. The van der Waals surface area contributed by atoms with Gasteiger partial charge < -0.3 is 14.5 Å². The summed E-state index contributed by atoms with van der Waals surface area (Å²) in [7, 11) is 1.17. The van der Waals surface area contributed by atoms with Gasteiger partial charge in [0.05, 0.1) is 13.4 Å². The van der Waals surface area contributed by atoms with Gasteiger partial charge in [0.1, 0.15) is 11.7 Å².